The zero-order valence-electron chi connectivity index (χ0n) is 9.52. The van der Waals surface area contributed by atoms with Crippen molar-refractivity contribution < 1.29 is 28.4 Å². The van der Waals surface area contributed by atoms with Gasteiger partial charge in [-0.15, -0.1) is 0 Å². The minimum Gasteiger partial charge on any atom is -0.481 e. The largest absolute Gasteiger partial charge is 0.481 e. The molecule has 1 aromatic rings. The molecule has 0 heterocycles. The predicted molar refractivity (Wildman–Crippen MR) is 58.4 cm³/mol. The van der Waals surface area contributed by atoms with E-state index in [1.165, 1.54) is 0 Å². The first-order valence-electron chi connectivity index (χ1n) is 4.91. The van der Waals surface area contributed by atoms with Crippen LogP contribution in [0.25, 0.3) is 0 Å². The minimum absolute atomic E-state index is 0.235. The van der Waals surface area contributed by atoms with Crippen LogP contribution in [-0.2, 0) is 9.59 Å². The molecule has 0 saturated carbocycles. The number of rotatable bonds is 4. The maximum Gasteiger partial charge on any atom is 0.315 e. The van der Waals surface area contributed by atoms with Gasteiger partial charge in [-0.25, -0.2) is 4.39 Å². The quantitative estimate of drug-likeness (QED) is 0.491. The number of carboxylic acid groups (broad SMARTS) is 1. The van der Waals surface area contributed by atoms with Gasteiger partial charge in [0.25, 0.3) is 0 Å². The molecule has 0 saturated heterocycles. The van der Waals surface area contributed by atoms with Crippen molar-refractivity contribution in [3.63, 3.8) is 0 Å². The molecular formula is C10H8F2N2O5. The molecule has 1 aromatic carbocycles. The fourth-order valence-corrected chi connectivity index (χ4v) is 1.13. The Hall–Kier alpha value is -2.58. The Morgan fingerprint density at radius 3 is 2.42 bits per heavy atom. The van der Waals surface area contributed by atoms with Crippen molar-refractivity contribution in [2.45, 2.75) is 6.92 Å². The van der Waals surface area contributed by atoms with Gasteiger partial charge < -0.3 is 10.4 Å². The number of nitrogens with zero attached hydrogens (tertiary/aromatic N) is 1. The summed E-state index contributed by atoms with van der Waals surface area (Å²) in [5.74, 6) is -6.65. The standard InChI is InChI=1S/C10H8F2N2O5/c1-4(10(16)17)9(15)13-7-3-8(14(18)19)6(12)2-5(7)11/h2-4H,1H3,(H,13,15)(H,16,17). The number of carboxylic acids is 1. The number of benzene rings is 1. The second-order valence-corrected chi connectivity index (χ2v) is 3.59. The van der Waals surface area contributed by atoms with Crippen LogP contribution >= 0.6 is 0 Å². The van der Waals surface area contributed by atoms with E-state index in [1.54, 1.807) is 0 Å². The summed E-state index contributed by atoms with van der Waals surface area (Å²) in [4.78, 5) is 31.2. The molecule has 1 rings (SSSR count). The lowest BCUT2D eigenvalue weighted by Crippen LogP contribution is -2.27. The first-order valence-corrected chi connectivity index (χ1v) is 4.91. The van der Waals surface area contributed by atoms with Gasteiger partial charge in [0, 0.05) is 12.1 Å². The van der Waals surface area contributed by atoms with Gasteiger partial charge in [0.05, 0.1) is 10.6 Å². The molecule has 7 nitrogen and oxygen atoms in total. The van der Waals surface area contributed by atoms with Crippen LogP contribution in [0.3, 0.4) is 0 Å². The summed E-state index contributed by atoms with van der Waals surface area (Å²) in [6.45, 7) is 1.05. The topological polar surface area (TPSA) is 110 Å². The Morgan fingerprint density at radius 2 is 1.95 bits per heavy atom. The van der Waals surface area contributed by atoms with E-state index in [0.717, 1.165) is 6.92 Å². The van der Waals surface area contributed by atoms with Crippen molar-refractivity contribution in [1.29, 1.82) is 0 Å². The number of carbonyl (C=O) groups excluding carboxylic acids is 1. The maximum absolute atomic E-state index is 13.3. The van der Waals surface area contributed by atoms with Crippen molar-refractivity contribution >= 4 is 23.3 Å². The Balaban J connectivity index is 3.08. The van der Waals surface area contributed by atoms with E-state index in [-0.39, 0.29) is 6.07 Å². The number of carbonyl (C=O) groups is 2. The highest BCUT2D eigenvalue weighted by Crippen LogP contribution is 2.25. The molecule has 9 heteroatoms. The molecule has 0 bridgehead atoms. The zero-order chi connectivity index (χ0) is 14.7. The lowest BCUT2D eigenvalue weighted by molar-refractivity contribution is -0.387. The van der Waals surface area contributed by atoms with Crippen molar-refractivity contribution in [2.75, 3.05) is 5.32 Å². The van der Waals surface area contributed by atoms with E-state index in [4.69, 9.17) is 5.11 Å². The van der Waals surface area contributed by atoms with E-state index in [2.05, 4.69) is 0 Å². The first-order chi connectivity index (χ1) is 8.73. The minimum atomic E-state index is -1.48. The van der Waals surface area contributed by atoms with Gasteiger partial charge in [-0.3, -0.25) is 19.7 Å². The van der Waals surface area contributed by atoms with Crippen LogP contribution in [0.1, 0.15) is 6.92 Å². The number of anilines is 1. The van der Waals surface area contributed by atoms with Gasteiger partial charge >= 0.3 is 11.7 Å². The van der Waals surface area contributed by atoms with Gasteiger partial charge in [-0.1, -0.05) is 0 Å². The lowest BCUT2D eigenvalue weighted by Gasteiger charge is -2.09. The van der Waals surface area contributed by atoms with Crippen molar-refractivity contribution in [3.05, 3.63) is 33.9 Å². The molecule has 0 aliphatic heterocycles. The molecule has 1 amide bonds. The van der Waals surface area contributed by atoms with E-state index >= 15 is 0 Å². The molecule has 1 atom stereocenters. The van der Waals surface area contributed by atoms with E-state index in [1.807, 2.05) is 5.32 Å². The number of nitro benzene ring substituents is 1. The molecule has 0 fully saturated rings. The SMILES string of the molecule is CC(C(=O)O)C(=O)Nc1cc([N+](=O)[O-])c(F)cc1F. The molecule has 0 aliphatic carbocycles. The summed E-state index contributed by atoms with van der Waals surface area (Å²) < 4.78 is 26.3. The van der Waals surface area contributed by atoms with Gasteiger partial charge in [-0.05, 0) is 6.92 Å². The van der Waals surface area contributed by atoms with Crippen LogP contribution < -0.4 is 5.32 Å². The average molecular weight is 274 g/mol. The number of nitro groups is 1. The van der Waals surface area contributed by atoms with Crippen LogP contribution in [0.15, 0.2) is 12.1 Å². The number of hydrogen-bond donors (Lipinski definition) is 2. The summed E-state index contributed by atoms with van der Waals surface area (Å²) in [5, 5.41) is 20.9. The summed E-state index contributed by atoms with van der Waals surface area (Å²) >= 11 is 0. The number of hydrogen-bond acceptors (Lipinski definition) is 4. The number of nitrogens with one attached hydrogen (secondary N) is 1. The molecule has 19 heavy (non-hydrogen) atoms. The summed E-state index contributed by atoms with van der Waals surface area (Å²) in [6.07, 6.45) is 0. The van der Waals surface area contributed by atoms with E-state index < -0.39 is 45.7 Å². The highest BCUT2D eigenvalue weighted by molar-refractivity contribution is 6.04. The van der Waals surface area contributed by atoms with Crippen LogP contribution in [0.4, 0.5) is 20.2 Å². The van der Waals surface area contributed by atoms with Gasteiger partial charge in [0.1, 0.15) is 11.7 Å². The molecule has 0 aliphatic rings. The number of halogens is 2. The molecule has 102 valence electrons. The van der Waals surface area contributed by atoms with Gasteiger partial charge in [0.15, 0.2) is 0 Å². The van der Waals surface area contributed by atoms with Crippen LogP contribution in [0, 0.1) is 27.7 Å². The second-order valence-electron chi connectivity index (χ2n) is 3.59. The third-order valence-electron chi connectivity index (χ3n) is 2.25. The summed E-state index contributed by atoms with van der Waals surface area (Å²) in [7, 11) is 0. The van der Waals surface area contributed by atoms with E-state index in [0.29, 0.717) is 6.07 Å². The Labute approximate surface area is 105 Å². The summed E-state index contributed by atoms with van der Waals surface area (Å²) in [5.41, 5.74) is -1.69. The number of aliphatic carboxylic acids is 1. The Bertz CT molecular complexity index is 561. The van der Waals surface area contributed by atoms with E-state index in [9.17, 15) is 28.5 Å². The zero-order valence-corrected chi connectivity index (χ0v) is 9.52. The third-order valence-corrected chi connectivity index (χ3v) is 2.25. The lowest BCUT2D eigenvalue weighted by atomic mass is 10.1. The van der Waals surface area contributed by atoms with Crippen molar-refractivity contribution in [3.8, 4) is 0 Å². The highest BCUT2D eigenvalue weighted by atomic mass is 19.1. The molecule has 2 N–H and O–H groups in total. The molecule has 1 unspecified atom stereocenters. The highest BCUT2D eigenvalue weighted by Gasteiger charge is 2.24. The average Bonchev–Trinajstić information content (AvgIpc) is 2.30. The first kappa shape index (κ1) is 14.5. The Morgan fingerprint density at radius 1 is 1.37 bits per heavy atom. The number of amides is 1. The predicted octanol–water partition coefficient (Wildman–Crippen LogP) is 1.53. The molecule has 0 radical (unpaired) electrons. The van der Waals surface area contributed by atoms with Crippen LogP contribution in [0.2, 0.25) is 0 Å². The third kappa shape index (κ3) is 3.21. The van der Waals surface area contributed by atoms with Crippen LogP contribution in [0.5, 0.6) is 0 Å². The van der Waals surface area contributed by atoms with Crippen molar-refractivity contribution in [2.24, 2.45) is 5.92 Å². The molecule has 0 aromatic heterocycles. The normalized spacial score (nSPS) is 11.7. The monoisotopic (exact) mass is 274 g/mol. The Kier molecular flexibility index (Phi) is 4.10. The second kappa shape index (κ2) is 5.38. The smallest absolute Gasteiger partial charge is 0.315 e. The fraction of sp³-hybridized carbons (Fsp3) is 0.200. The molecular weight excluding hydrogens is 266 g/mol. The van der Waals surface area contributed by atoms with Crippen molar-refractivity contribution in [1.82, 2.24) is 0 Å². The van der Waals surface area contributed by atoms with Gasteiger partial charge in [-0.2, -0.15) is 4.39 Å². The van der Waals surface area contributed by atoms with Gasteiger partial charge in [0.2, 0.25) is 11.7 Å². The maximum atomic E-state index is 13.3. The van der Waals surface area contributed by atoms with Crippen LogP contribution in [-0.4, -0.2) is 21.9 Å². The summed E-state index contributed by atoms with van der Waals surface area (Å²) in [6, 6.07) is 0.719. The molecule has 0 spiro atoms. The fourth-order valence-electron chi connectivity index (χ4n) is 1.13.